The Morgan fingerprint density at radius 3 is 2.50 bits per heavy atom. The van der Waals surface area contributed by atoms with Crippen LogP contribution in [0.1, 0.15) is 35.2 Å². The van der Waals surface area contributed by atoms with Gasteiger partial charge in [-0.1, -0.05) is 15.9 Å². The van der Waals surface area contributed by atoms with E-state index in [1.54, 1.807) is 0 Å². The Morgan fingerprint density at radius 2 is 1.90 bits per heavy atom. The molecular formula is C12H9Br3N4O. The third-order valence-corrected chi connectivity index (χ3v) is 4.62. The number of aromatic nitrogens is 3. The first-order valence-electron chi connectivity index (χ1n) is 5.93. The Bertz CT molecular complexity index is 658. The van der Waals surface area contributed by atoms with Crippen LogP contribution in [-0.2, 0) is 0 Å². The van der Waals surface area contributed by atoms with Crippen molar-refractivity contribution in [3.63, 3.8) is 0 Å². The summed E-state index contributed by atoms with van der Waals surface area (Å²) in [4.78, 5) is 16.4. The fourth-order valence-electron chi connectivity index (χ4n) is 1.75. The summed E-state index contributed by atoms with van der Waals surface area (Å²) < 4.78 is 2.44. The number of nitrogens with zero attached hydrogens (tertiary/aromatic N) is 2. The predicted octanol–water partition coefficient (Wildman–Crippen LogP) is 4.22. The molecule has 2 N–H and O–H groups in total. The SMILES string of the molecule is O=C(Nc1c(Br)cc(Br)cc1Br)c1n[nH]c(C2CC2)n1. The molecule has 1 aromatic heterocycles. The molecule has 0 radical (unpaired) electrons. The highest BCUT2D eigenvalue weighted by molar-refractivity contribution is 9.11. The molecule has 0 unspecified atom stereocenters. The third kappa shape index (κ3) is 2.96. The number of hydrogen-bond acceptors (Lipinski definition) is 3. The maximum atomic E-state index is 12.2. The van der Waals surface area contributed by atoms with Crippen molar-refractivity contribution in [3.8, 4) is 0 Å². The summed E-state index contributed by atoms with van der Waals surface area (Å²) in [5, 5.41) is 9.58. The minimum atomic E-state index is -0.336. The molecule has 0 atom stereocenters. The highest BCUT2D eigenvalue weighted by Crippen LogP contribution is 2.38. The molecule has 3 rings (SSSR count). The summed E-state index contributed by atoms with van der Waals surface area (Å²) in [6.07, 6.45) is 2.22. The molecule has 1 fully saturated rings. The van der Waals surface area contributed by atoms with Crippen molar-refractivity contribution in [2.24, 2.45) is 0 Å². The summed E-state index contributed by atoms with van der Waals surface area (Å²) in [6.45, 7) is 0. The maximum absolute atomic E-state index is 12.2. The van der Waals surface area contributed by atoms with Gasteiger partial charge >= 0.3 is 0 Å². The monoisotopic (exact) mass is 462 g/mol. The van der Waals surface area contributed by atoms with E-state index in [-0.39, 0.29) is 11.7 Å². The minimum Gasteiger partial charge on any atom is -0.317 e. The van der Waals surface area contributed by atoms with Crippen LogP contribution in [0.15, 0.2) is 25.6 Å². The fraction of sp³-hybridized carbons (Fsp3) is 0.250. The second kappa shape index (κ2) is 5.57. The van der Waals surface area contributed by atoms with Crippen molar-refractivity contribution < 1.29 is 4.79 Å². The van der Waals surface area contributed by atoms with Gasteiger partial charge in [0.1, 0.15) is 5.82 Å². The highest BCUT2D eigenvalue weighted by atomic mass is 79.9. The van der Waals surface area contributed by atoms with E-state index in [4.69, 9.17) is 0 Å². The van der Waals surface area contributed by atoms with Crippen LogP contribution >= 0.6 is 47.8 Å². The van der Waals surface area contributed by atoms with Crippen molar-refractivity contribution in [2.75, 3.05) is 5.32 Å². The van der Waals surface area contributed by atoms with Gasteiger partial charge in [-0.3, -0.25) is 9.89 Å². The minimum absolute atomic E-state index is 0.161. The second-order valence-corrected chi connectivity index (χ2v) is 7.14. The number of nitrogens with one attached hydrogen (secondary N) is 2. The Morgan fingerprint density at radius 1 is 1.25 bits per heavy atom. The molecule has 0 saturated heterocycles. The van der Waals surface area contributed by atoms with Crippen LogP contribution in [0.25, 0.3) is 0 Å². The predicted molar refractivity (Wildman–Crippen MR) is 85.9 cm³/mol. The molecule has 1 heterocycles. The number of carbonyl (C=O) groups excluding carboxylic acids is 1. The molecule has 0 spiro atoms. The molecular weight excluding hydrogens is 456 g/mol. The maximum Gasteiger partial charge on any atom is 0.295 e. The number of carbonyl (C=O) groups is 1. The van der Waals surface area contributed by atoms with Gasteiger partial charge in [-0.25, -0.2) is 4.98 Å². The van der Waals surface area contributed by atoms with Gasteiger partial charge in [-0.05, 0) is 56.8 Å². The first-order chi connectivity index (χ1) is 9.54. The van der Waals surface area contributed by atoms with E-state index in [1.165, 1.54) is 0 Å². The summed E-state index contributed by atoms with van der Waals surface area (Å²) in [6, 6.07) is 3.71. The molecule has 1 aliphatic rings. The van der Waals surface area contributed by atoms with Crippen LogP contribution in [0, 0.1) is 0 Å². The largest absolute Gasteiger partial charge is 0.317 e. The van der Waals surface area contributed by atoms with Crippen LogP contribution < -0.4 is 5.32 Å². The highest BCUT2D eigenvalue weighted by Gasteiger charge is 2.28. The molecule has 0 bridgehead atoms. The van der Waals surface area contributed by atoms with Crippen LogP contribution in [0.3, 0.4) is 0 Å². The lowest BCUT2D eigenvalue weighted by Crippen LogP contribution is -2.14. The summed E-state index contributed by atoms with van der Waals surface area (Å²) >= 11 is 10.2. The average molecular weight is 465 g/mol. The molecule has 5 nitrogen and oxygen atoms in total. The van der Waals surface area contributed by atoms with Crippen molar-refractivity contribution in [1.29, 1.82) is 0 Å². The molecule has 2 aromatic rings. The van der Waals surface area contributed by atoms with Crippen molar-refractivity contribution in [3.05, 3.63) is 37.2 Å². The quantitative estimate of drug-likeness (QED) is 0.714. The first kappa shape index (κ1) is 14.2. The average Bonchev–Trinajstić information content (AvgIpc) is 3.11. The zero-order valence-corrected chi connectivity index (χ0v) is 14.8. The van der Waals surface area contributed by atoms with E-state index >= 15 is 0 Å². The fourth-order valence-corrected chi connectivity index (χ4v) is 4.20. The van der Waals surface area contributed by atoms with E-state index in [0.717, 1.165) is 32.1 Å². The van der Waals surface area contributed by atoms with Gasteiger partial charge in [0.15, 0.2) is 0 Å². The number of anilines is 1. The first-order valence-corrected chi connectivity index (χ1v) is 8.30. The lowest BCUT2D eigenvalue weighted by Gasteiger charge is -2.08. The Kier molecular flexibility index (Phi) is 3.96. The van der Waals surface area contributed by atoms with E-state index in [1.807, 2.05) is 12.1 Å². The molecule has 1 aliphatic carbocycles. The van der Waals surface area contributed by atoms with Crippen LogP contribution in [0.2, 0.25) is 0 Å². The van der Waals surface area contributed by atoms with E-state index < -0.39 is 0 Å². The Hall–Kier alpha value is -0.730. The molecule has 1 amide bonds. The molecule has 1 aromatic carbocycles. The van der Waals surface area contributed by atoms with Gasteiger partial charge in [0.25, 0.3) is 5.91 Å². The number of benzene rings is 1. The van der Waals surface area contributed by atoms with Gasteiger partial charge in [0.05, 0.1) is 5.69 Å². The van der Waals surface area contributed by atoms with Gasteiger partial charge in [0, 0.05) is 19.3 Å². The Balaban J connectivity index is 1.81. The normalized spacial score (nSPS) is 14.3. The van der Waals surface area contributed by atoms with Gasteiger partial charge in [-0.2, -0.15) is 0 Å². The molecule has 0 aliphatic heterocycles. The van der Waals surface area contributed by atoms with Crippen molar-refractivity contribution >= 4 is 59.4 Å². The number of rotatable bonds is 3. The van der Waals surface area contributed by atoms with E-state index in [0.29, 0.717) is 11.6 Å². The Labute approximate surface area is 140 Å². The summed E-state index contributed by atoms with van der Waals surface area (Å²) in [5.74, 6) is 1.06. The van der Waals surface area contributed by atoms with Crippen LogP contribution in [-0.4, -0.2) is 21.1 Å². The number of aromatic amines is 1. The summed E-state index contributed by atoms with van der Waals surface area (Å²) in [5.41, 5.74) is 0.649. The van der Waals surface area contributed by atoms with Gasteiger partial charge in [0.2, 0.25) is 5.82 Å². The zero-order chi connectivity index (χ0) is 14.3. The molecule has 8 heteroatoms. The molecule has 104 valence electrons. The standard InChI is InChI=1S/C12H9Br3N4O/c13-6-3-7(14)9(8(15)4-6)16-12(20)11-17-10(18-19-11)5-1-2-5/h3-5H,1-2H2,(H,16,20)(H,17,18,19). The third-order valence-electron chi connectivity index (χ3n) is 2.92. The van der Waals surface area contributed by atoms with Crippen LogP contribution in [0.4, 0.5) is 5.69 Å². The van der Waals surface area contributed by atoms with E-state index in [2.05, 4.69) is 68.3 Å². The molecule has 1 saturated carbocycles. The van der Waals surface area contributed by atoms with Crippen molar-refractivity contribution in [1.82, 2.24) is 15.2 Å². The van der Waals surface area contributed by atoms with Gasteiger partial charge in [-0.15, -0.1) is 5.10 Å². The molecule has 20 heavy (non-hydrogen) atoms. The van der Waals surface area contributed by atoms with Crippen molar-refractivity contribution in [2.45, 2.75) is 18.8 Å². The second-order valence-electron chi connectivity index (χ2n) is 4.52. The lowest BCUT2D eigenvalue weighted by molar-refractivity contribution is 0.101. The topological polar surface area (TPSA) is 70.7 Å². The lowest BCUT2D eigenvalue weighted by atomic mass is 10.3. The zero-order valence-electron chi connectivity index (χ0n) is 10.1. The number of hydrogen-bond donors (Lipinski definition) is 2. The van der Waals surface area contributed by atoms with E-state index in [9.17, 15) is 4.79 Å². The number of halogens is 3. The summed E-state index contributed by atoms with van der Waals surface area (Å²) in [7, 11) is 0. The number of H-pyrrole nitrogens is 1. The van der Waals surface area contributed by atoms with Crippen LogP contribution in [0.5, 0.6) is 0 Å². The number of amides is 1. The smallest absolute Gasteiger partial charge is 0.295 e. The van der Waals surface area contributed by atoms with Gasteiger partial charge < -0.3 is 5.32 Å².